The second-order valence-electron chi connectivity index (χ2n) is 1.84. The van der Waals surface area contributed by atoms with E-state index in [1.807, 2.05) is 20.2 Å². The normalized spacial score (nSPS) is 7.80. The van der Waals surface area contributed by atoms with Gasteiger partial charge in [-0.2, -0.15) is 0 Å². The van der Waals surface area contributed by atoms with Gasteiger partial charge in [0, 0.05) is 0 Å². The van der Waals surface area contributed by atoms with Crippen LogP contribution in [0, 0.1) is 0 Å². The van der Waals surface area contributed by atoms with Gasteiger partial charge in [-0.15, -0.1) is 0 Å². The SMILES string of the molecule is CNC.Oc1ccccc1. The summed E-state index contributed by atoms with van der Waals surface area (Å²) < 4.78 is 0. The van der Waals surface area contributed by atoms with Crippen molar-refractivity contribution in [2.75, 3.05) is 14.1 Å². The lowest BCUT2D eigenvalue weighted by atomic mass is 10.3. The molecule has 1 rings (SSSR count). The van der Waals surface area contributed by atoms with Crippen molar-refractivity contribution in [1.29, 1.82) is 0 Å². The summed E-state index contributed by atoms with van der Waals surface area (Å²) in [6.45, 7) is 0. The number of benzene rings is 1. The zero-order chi connectivity index (χ0) is 7.82. The van der Waals surface area contributed by atoms with Crippen molar-refractivity contribution in [2.24, 2.45) is 0 Å². The van der Waals surface area contributed by atoms with Gasteiger partial charge in [-0.25, -0.2) is 0 Å². The molecule has 1 aromatic carbocycles. The van der Waals surface area contributed by atoms with Crippen molar-refractivity contribution < 1.29 is 5.11 Å². The summed E-state index contributed by atoms with van der Waals surface area (Å²) in [4.78, 5) is 0. The third-order valence-corrected chi connectivity index (χ3v) is 0.756. The standard InChI is InChI=1S/C6H6O.C2H7N/c7-6-4-2-1-3-5-6;1-3-2/h1-5,7H;3H,1-2H3. The van der Waals surface area contributed by atoms with Crippen LogP contribution in [-0.4, -0.2) is 19.2 Å². The molecule has 1 aromatic rings. The molecule has 0 amide bonds. The van der Waals surface area contributed by atoms with Crippen molar-refractivity contribution in [3.8, 4) is 5.75 Å². The van der Waals surface area contributed by atoms with Crippen molar-refractivity contribution in [2.45, 2.75) is 0 Å². The Morgan fingerprint density at radius 3 is 1.70 bits per heavy atom. The van der Waals surface area contributed by atoms with E-state index in [1.165, 1.54) is 0 Å². The second kappa shape index (κ2) is 6.11. The monoisotopic (exact) mass is 139 g/mol. The lowest BCUT2D eigenvalue weighted by molar-refractivity contribution is 0.475. The summed E-state index contributed by atoms with van der Waals surface area (Å²) in [5, 5.41) is 11.4. The molecule has 0 unspecified atom stereocenters. The molecule has 0 atom stereocenters. The van der Waals surface area contributed by atoms with Crippen LogP contribution >= 0.6 is 0 Å². The van der Waals surface area contributed by atoms with E-state index in [0.717, 1.165) is 0 Å². The van der Waals surface area contributed by atoms with Crippen LogP contribution in [-0.2, 0) is 0 Å². The number of hydrogen-bond donors (Lipinski definition) is 2. The maximum absolute atomic E-state index is 8.63. The van der Waals surface area contributed by atoms with E-state index >= 15 is 0 Å². The molecule has 0 aliphatic carbocycles. The van der Waals surface area contributed by atoms with Crippen LogP contribution in [0.15, 0.2) is 30.3 Å². The largest absolute Gasteiger partial charge is 0.508 e. The predicted molar refractivity (Wildman–Crippen MR) is 43.1 cm³/mol. The smallest absolute Gasteiger partial charge is 0.115 e. The highest BCUT2D eigenvalue weighted by molar-refractivity contribution is 5.18. The van der Waals surface area contributed by atoms with Gasteiger partial charge >= 0.3 is 0 Å². The number of aromatic hydroxyl groups is 1. The van der Waals surface area contributed by atoms with E-state index in [2.05, 4.69) is 5.32 Å². The number of para-hydroxylation sites is 1. The minimum Gasteiger partial charge on any atom is -0.508 e. The summed E-state index contributed by atoms with van der Waals surface area (Å²) in [6, 6.07) is 8.71. The van der Waals surface area contributed by atoms with Crippen LogP contribution in [0.2, 0.25) is 0 Å². The van der Waals surface area contributed by atoms with Crippen molar-refractivity contribution in [3.05, 3.63) is 30.3 Å². The summed E-state index contributed by atoms with van der Waals surface area (Å²) in [5.74, 6) is 0.322. The van der Waals surface area contributed by atoms with Crippen LogP contribution in [0.3, 0.4) is 0 Å². The Hall–Kier alpha value is -1.02. The Bertz CT molecular complexity index is 151. The van der Waals surface area contributed by atoms with Crippen LogP contribution in [0.25, 0.3) is 0 Å². The molecule has 0 aliphatic rings. The molecule has 0 spiro atoms. The molecule has 2 nitrogen and oxygen atoms in total. The van der Waals surface area contributed by atoms with Crippen LogP contribution in [0.1, 0.15) is 0 Å². The maximum Gasteiger partial charge on any atom is 0.115 e. The molecule has 0 fully saturated rings. The molecule has 56 valence electrons. The number of phenolic OH excluding ortho intramolecular Hbond substituents is 1. The van der Waals surface area contributed by atoms with E-state index < -0.39 is 0 Å². The average Bonchev–Trinajstić information content (AvgIpc) is 1.91. The van der Waals surface area contributed by atoms with Gasteiger partial charge in [0.05, 0.1) is 0 Å². The van der Waals surface area contributed by atoms with Gasteiger partial charge in [0.25, 0.3) is 0 Å². The molecule has 0 aliphatic heterocycles. The molecule has 0 heterocycles. The van der Waals surface area contributed by atoms with Gasteiger partial charge < -0.3 is 10.4 Å². The zero-order valence-corrected chi connectivity index (χ0v) is 6.33. The maximum atomic E-state index is 8.63. The summed E-state index contributed by atoms with van der Waals surface area (Å²) in [6.07, 6.45) is 0. The lowest BCUT2D eigenvalue weighted by Crippen LogP contribution is -1.89. The summed E-state index contributed by atoms with van der Waals surface area (Å²) in [7, 11) is 3.75. The van der Waals surface area contributed by atoms with Gasteiger partial charge in [-0.3, -0.25) is 0 Å². The number of nitrogens with one attached hydrogen (secondary N) is 1. The van der Waals surface area contributed by atoms with Gasteiger partial charge in [-0.1, -0.05) is 18.2 Å². The Balaban J connectivity index is 0.000000236. The quantitative estimate of drug-likeness (QED) is 0.566. The fourth-order valence-electron chi connectivity index (χ4n) is 0.428. The number of hydrogen-bond acceptors (Lipinski definition) is 2. The Kier molecular flexibility index (Phi) is 5.48. The average molecular weight is 139 g/mol. The van der Waals surface area contributed by atoms with Crippen molar-refractivity contribution >= 4 is 0 Å². The number of rotatable bonds is 0. The molecule has 0 radical (unpaired) electrons. The van der Waals surface area contributed by atoms with E-state index in [-0.39, 0.29) is 0 Å². The van der Waals surface area contributed by atoms with E-state index in [4.69, 9.17) is 5.11 Å². The van der Waals surface area contributed by atoms with Gasteiger partial charge in [0.15, 0.2) is 0 Å². The molecule has 0 aromatic heterocycles. The molecule has 0 bridgehead atoms. The van der Waals surface area contributed by atoms with Crippen LogP contribution in [0.5, 0.6) is 5.75 Å². The highest BCUT2D eigenvalue weighted by atomic mass is 16.3. The molecule has 2 N–H and O–H groups in total. The molecular weight excluding hydrogens is 126 g/mol. The first-order valence-corrected chi connectivity index (χ1v) is 3.13. The first-order valence-electron chi connectivity index (χ1n) is 3.13. The number of phenols is 1. The molecule has 10 heavy (non-hydrogen) atoms. The van der Waals surface area contributed by atoms with Gasteiger partial charge in [0.1, 0.15) is 5.75 Å². The van der Waals surface area contributed by atoms with Crippen molar-refractivity contribution in [1.82, 2.24) is 5.32 Å². The first kappa shape index (κ1) is 8.98. The van der Waals surface area contributed by atoms with Crippen LogP contribution in [0.4, 0.5) is 0 Å². The predicted octanol–water partition coefficient (Wildman–Crippen LogP) is 1.23. The third kappa shape index (κ3) is 5.12. The highest BCUT2D eigenvalue weighted by Crippen LogP contribution is 2.02. The second-order valence-corrected chi connectivity index (χ2v) is 1.84. The molecule has 2 heteroatoms. The molecule has 0 saturated heterocycles. The lowest BCUT2D eigenvalue weighted by Gasteiger charge is -1.82. The van der Waals surface area contributed by atoms with Crippen molar-refractivity contribution in [3.63, 3.8) is 0 Å². The first-order chi connectivity index (χ1) is 4.81. The Morgan fingerprint density at radius 1 is 1.10 bits per heavy atom. The fraction of sp³-hybridized carbons (Fsp3) is 0.250. The highest BCUT2D eigenvalue weighted by Gasteiger charge is 1.74. The van der Waals surface area contributed by atoms with E-state index in [9.17, 15) is 0 Å². The van der Waals surface area contributed by atoms with Gasteiger partial charge in [-0.05, 0) is 26.2 Å². The Labute approximate surface area is 61.5 Å². The fourth-order valence-corrected chi connectivity index (χ4v) is 0.428. The summed E-state index contributed by atoms with van der Waals surface area (Å²) in [5.41, 5.74) is 0. The van der Waals surface area contributed by atoms with E-state index in [1.54, 1.807) is 24.3 Å². The minimum absolute atomic E-state index is 0.322. The van der Waals surface area contributed by atoms with Gasteiger partial charge in [0.2, 0.25) is 0 Å². The summed E-state index contributed by atoms with van der Waals surface area (Å²) >= 11 is 0. The zero-order valence-electron chi connectivity index (χ0n) is 6.33. The third-order valence-electron chi connectivity index (χ3n) is 0.756. The van der Waals surface area contributed by atoms with E-state index in [0.29, 0.717) is 5.75 Å². The minimum atomic E-state index is 0.322. The van der Waals surface area contributed by atoms with Crippen LogP contribution < -0.4 is 5.32 Å². The molecule has 0 saturated carbocycles. The Morgan fingerprint density at radius 2 is 1.50 bits per heavy atom. The topological polar surface area (TPSA) is 32.3 Å². The molecular formula is C8H13NO.